The zero-order chi connectivity index (χ0) is 25.8. The van der Waals surface area contributed by atoms with E-state index >= 15 is 0 Å². The summed E-state index contributed by atoms with van der Waals surface area (Å²) in [6, 6.07) is 6.62. The van der Waals surface area contributed by atoms with Gasteiger partial charge in [-0.3, -0.25) is 15.0 Å². The zero-order valence-corrected chi connectivity index (χ0v) is 18.6. The highest BCUT2D eigenvalue weighted by Gasteiger charge is 2.13. The minimum absolute atomic E-state index is 0.123. The van der Waals surface area contributed by atoms with Crippen LogP contribution in [0.1, 0.15) is 0 Å². The number of methoxy groups -OCH3 is 1. The summed E-state index contributed by atoms with van der Waals surface area (Å²) < 4.78 is 40.2. The molecule has 0 atom stereocenters. The van der Waals surface area contributed by atoms with Gasteiger partial charge in [0, 0.05) is 12.1 Å². The van der Waals surface area contributed by atoms with Gasteiger partial charge in [-0.05, 0) is 12.1 Å². The summed E-state index contributed by atoms with van der Waals surface area (Å²) in [5.74, 6) is -1.20. The molecule has 14 nitrogen and oxygen atoms in total. The Morgan fingerprint density at radius 1 is 0.838 bits per heavy atom. The molecule has 0 radical (unpaired) electrons. The first-order valence-electron chi connectivity index (χ1n) is 10.3. The van der Waals surface area contributed by atoms with Crippen molar-refractivity contribution in [1.82, 2.24) is 50.6 Å². The van der Waals surface area contributed by atoms with Crippen LogP contribution in [0.5, 0.6) is 5.88 Å². The Kier molecular flexibility index (Phi) is 6.26. The lowest BCUT2D eigenvalue weighted by Crippen LogP contribution is -2.12. The van der Waals surface area contributed by atoms with Crippen LogP contribution >= 0.6 is 0 Å². The largest absolute Gasteiger partial charge is 0.479 e. The summed E-state index contributed by atoms with van der Waals surface area (Å²) in [6.45, 7) is 0. The quantitative estimate of drug-likeness (QED) is 0.310. The molecule has 0 saturated heterocycles. The fraction of sp³-hybridized carbons (Fsp3) is 0.0476. The van der Waals surface area contributed by atoms with E-state index in [9.17, 15) is 13.6 Å². The third kappa shape index (κ3) is 4.97. The molecule has 186 valence electrons. The SMILES string of the molecule is COc1nc(-c2cc(-c3ccon3)n[nH]2)ncc1F.O=c1[nH]c(-c2cc(-c3ccon3)n[nH]2)ncc1F. The monoisotopic (exact) mass is 508 g/mol. The lowest BCUT2D eigenvalue weighted by Gasteiger charge is -2.01. The van der Waals surface area contributed by atoms with Gasteiger partial charge in [-0.2, -0.15) is 24.0 Å². The second-order valence-electron chi connectivity index (χ2n) is 7.06. The first-order chi connectivity index (χ1) is 18.0. The van der Waals surface area contributed by atoms with Gasteiger partial charge in [-0.1, -0.05) is 10.3 Å². The third-order valence-electron chi connectivity index (χ3n) is 4.71. The number of aromatic nitrogens is 10. The van der Waals surface area contributed by atoms with E-state index in [0.29, 0.717) is 34.2 Å². The van der Waals surface area contributed by atoms with Crippen molar-refractivity contribution in [3.05, 3.63) is 71.2 Å². The van der Waals surface area contributed by atoms with Gasteiger partial charge < -0.3 is 18.8 Å². The minimum Gasteiger partial charge on any atom is -0.479 e. The number of rotatable bonds is 5. The van der Waals surface area contributed by atoms with Crippen LogP contribution in [0.2, 0.25) is 0 Å². The van der Waals surface area contributed by atoms with Crippen LogP contribution in [0.4, 0.5) is 8.78 Å². The van der Waals surface area contributed by atoms with E-state index in [2.05, 4.69) is 50.6 Å². The van der Waals surface area contributed by atoms with E-state index in [1.807, 2.05) is 0 Å². The molecule has 0 aliphatic carbocycles. The van der Waals surface area contributed by atoms with Crippen LogP contribution < -0.4 is 10.3 Å². The molecule has 6 rings (SSSR count). The lowest BCUT2D eigenvalue weighted by molar-refractivity contribution is 0.367. The molecule has 6 heterocycles. The standard InChI is InChI=1S/C11H8FN5O2.C10H6FN5O2/c1-18-11-6(12)5-13-10(14-11)9-4-8(15-16-9)7-2-3-19-17-7;11-5-4-12-9(13-10(5)17)8-3-7(14-15-8)6-1-2-18-16-6/h2-5H,1H3,(H,15,16);1-4H,(H,14,15)(H,12,13,17). The second kappa shape index (κ2) is 9.98. The molecule has 0 fully saturated rings. The third-order valence-corrected chi connectivity index (χ3v) is 4.71. The van der Waals surface area contributed by atoms with E-state index in [1.54, 1.807) is 24.3 Å². The van der Waals surface area contributed by atoms with Gasteiger partial charge >= 0.3 is 0 Å². The molecule has 0 aliphatic rings. The van der Waals surface area contributed by atoms with Gasteiger partial charge in [0.25, 0.3) is 11.4 Å². The number of aromatic amines is 3. The van der Waals surface area contributed by atoms with Gasteiger partial charge in [0.15, 0.2) is 11.6 Å². The maximum absolute atomic E-state index is 13.2. The molecule has 0 bridgehead atoms. The van der Waals surface area contributed by atoms with Crippen molar-refractivity contribution >= 4 is 0 Å². The molecule has 0 amide bonds. The fourth-order valence-corrected chi connectivity index (χ4v) is 2.97. The molecule has 0 spiro atoms. The Balaban J connectivity index is 0.000000152. The number of halogens is 2. The molecular weight excluding hydrogens is 494 g/mol. The highest BCUT2D eigenvalue weighted by Crippen LogP contribution is 2.22. The summed E-state index contributed by atoms with van der Waals surface area (Å²) in [4.78, 5) is 25.0. The van der Waals surface area contributed by atoms with E-state index in [4.69, 9.17) is 13.8 Å². The predicted molar refractivity (Wildman–Crippen MR) is 120 cm³/mol. The highest BCUT2D eigenvalue weighted by atomic mass is 19.1. The number of H-pyrrole nitrogens is 3. The zero-order valence-electron chi connectivity index (χ0n) is 18.6. The van der Waals surface area contributed by atoms with Crippen LogP contribution in [-0.4, -0.2) is 57.8 Å². The molecule has 6 aromatic rings. The summed E-state index contributed by atoms with van der Waals surface area (Å²) in [6.07, 6.45) is 4.76. The van der Waals surface area contributed by atoms with E-state index < -0.39 is 17.2 Å². The van der Waals surface area contributed by atoms with Gasteiger partial charge in [-0.25, -0.2) is 9.97 Å². The topological polar surface area (TPSA) is 190 Å². The molecule has 3 N–H and O–H groups in total. The van der Waals surface area contributed by atoms with Crippen molar-refractivity contribution in [3.8, 4) is 51.7 Å². The Hall–Kier alpha value is -5.54. The van der Waals surface area contributed by atoms with Crippen LogP contribution in [-0.2, 0) is 0 Å². The molecule has 0 aliphatic heterocycles. The van der Waals surface area contributed by atoms with Crippen LogP contribution in [0.25, 0.3) is 45.8 Å². The average molecular weight is 508 g/mol. The van der Waals surface area contributed by atoms with Crippen molar-refractivity contribution in [1.29, 1.82) is 0 Å². The molecule has 16 heteroatoms. The first kappa shape index (κ1) is 23.2. The molecule has 0 aromatic carbocycles. The van der Waals surface area contributed by atoms with Gasteiger partial charge in [0.1, 0.15) is 46.7 Å². The van der Waals surface area contributed by atoms with Crippen LogP contribution in [0.3, 0.4) is 0 Å². The fourth-order valence-electron chi connectivity index (χ4n) is 2.97. The smallest absolute Gasteiger partial charge is 0.287 e. The lowest BCUT2D eigenvalue weighted by atomic mass is 10.3. The maximum Gasteiger partial charge on any atom is 0.287 e. The van der Waals surface area contributed by atoms with Crippen molar-refractivity contribution in [3.63, 3.8) is 0 Å². The Morgan fingerprint density at radius 2 is 1.46 bits per heavy atom. The number of ether oxygens (including phenoxy) is 1. The number of hydrogen-bond donors (Lipinski definition) is 3. The maximum atomic E-state index is 13.2. The molecule has 0 unspecified atom stereocenters. The van der Waals surface area contributed by atoms with Crippen molar-refractivity contribution < 1.29 is 22.6 Å². The van der Waals surface area contributed by atoms with E-state index in [0.717, 1.165) is 12.4 Å². The summed E-state index contributed by atoms with van der Waals surface area (Å²) in [5, 5.41) is 20.9. The van der Waals surface area contributed by atoms with Crippen molar-refractivity contribution in [2.24, 2.45) is 0 Å². The van der Waals surface area contributed by atoms with Crippen molar-refractivity contribution in [2.45, 2.75) is 0 Å². The summed E-state index contributed by atoms with van der Waals surface area (Å²) in [5.41, 5.74) is 2.37. The molecular formula is C21H14F2N10O4. The van der Waals surface area contributed by atoms with Crippen LogP contribution in [0, 0.1) is 11.6 Å². The number of nitrogens with one attached hydrogen (secondary N) is 3. The normalized spacial score (nSPS) is 10.7. The van der Waals surface area contributed by atoms with Gasteiger partial charge in [0.05, 0.1) is 19.5 Å². The first-order valence-corrected chi connectivity index (χ1v) is 10.3. The predicted octanol–water partition coefficient (Wildman–Crippen LogP) is 2.62. The Bertz CT molecular complexity index is 1680. The Labute approximate surface area is 203 Å². The number of hydrogen-bond acceptors (Lipinski definition) is 11. The van der Waals surface area contributed by atoms with Gasteiger partial charge in [-0.15, -0.1) is 0 Å². The minimum atomic E-state index is -0.935. The second-order valence-corrected chi connectivity index (χ2v) is 7.06. The summed E-state index contributed by atoms with van der Waals surface area (Å²) in [7, 11) is 1.34. The highest BCUT2D eigenvalue weighted by molar-refractivity contribution is 5.62. The molecule has 37 heavy (non-hydrogen) atoms. The Morgan fingerprint density at radius 3 is 2.05 bits per heavy atom. The average Bonchev–Trinajstić information content (AvgIpc) is 3.72. The summed E-state index contributed by atoms with van der Waals surface area (Å²) >= 11 is 0. The molecule has 0 saturated carbocycles. The van der Waals surface area contributed by atoms with E-state index in [1.165, 1.54) is 19.6 Å². The van der Waals surface area contributed by atoms with E-state index in [-0.39, 0.29) is 17.5 Å². The molecule has 6 aromatic heterocycles. The number of nitrogens with zero attached hydrogens (tertiary/aromatic N) is 7. The van der Waals surface area contributed by atoms with Gasteiger partial charge in [0.2, 0.25) is 11.6 Å². The van der Waals surface area contributed by atoms with Crippen molar-refractivity contribution in [2.75, 3.05) is 7.11 Å². The van der Waals surface area contributed by atoms with Crippen LogP contribution in [0.15, 0.2) is 63.0 Å².